The van der Waals surface area contributed by atoms with E-state index in [0.717, 1.165) is 222 Å². The Morgan fingerprint density at radius 1 is 0.278 bits per heavy atom. The minimum Gasteiger partial charge on any atom is -0.331 e. The number of amides is 5. The highest BCUT2D eigenvalue weighted by Gasteiger charge is 2.34. The van der Waals surface area contributed by atoms with Crippen molar-refractivity contribution >= 4 is 84.7 Å². The summed E-state index contributed by atoms with van der Waals surface area (Å²) in [6.45, 7) is 16.9. The van der Waals surface area contributed by atoms with Gasteiger partial charge in [0.1, 0.15) is 58.2 Å². The first-order valence-electron chi connectivity index (χ1n) is 50.5. The Morgan fingerprint density at radius 3 is 0.799 bits per heavy atom. The molecule has 0 radical (unpaired) electrons. The van der Waals surface area contributed by atoms with Crippen molar-refractivity contribution in [1.82, 2.24) is 72.3 Å². The van der Waals surface area contributed by atoms with E-state index >= 15 is 0 Å². The molecule has 750 valence electrons. The molecule has 0 bridgehead atoms. The highest BCUT2D eigenvalue weighted by molar-refractivity contribution is 5.97. The van der Waals surface area contributed by atoms with Crippen LogP contribution in [0.25, 0.3) is 55.2 Å². The van der Waals surface area contributed by atoms with E-state index in [-0.39, 0.29) is 78.3 Å². The number of para-hydroxylation sites is 10. The van der Waals surface area contributed by atoms with Crippen LogP contribution < -0.4 is 0 Å². The van der Waals surface area contributed by atoms with E-state index in [1.165, 1.54) is 87.3 Å². The smallest absolute Gasteiger partial charge is 0.257 e. The number of imidazole rings is 5. The quantitative estimate of drug-likeness (QED) is 0.0309. The third-order valence-electron chi connectivity index (χ3n) is 27.8. The van der Waals surface area contributed by atoms with Gasteiger partial charge in [-0.1, -0.05) is 170 Å². The first-order valence-corrected chi connectivity index (χ1v) is 50.5. The molecule has 15 aromatic rings. The Hall–Kier alpha value is -14.3. The number of carbonyl (C=O) groups excluding carboxylic acids is 5. The number of halogens is 9. The number of fused-ring (bicyclic) bond motifs is 5. The van der Waals surface area contributed by atoms with Crippen LogP contribution in [0.15, 0.2) is 244 Å². The van der Waals surface area contributed by atoms with Gasteiger partial charge in [-0.25, -0.2) is 64.4 Å². The summed E-state index contributed by atoms with van der Waals surface area (Å²) in [6, 6.07) is 60.6. The van der Waals surface area contributed by atoms with Gasteiger partial charge in [-0.2, -0.15) is 0 Å². The molecular weight excluding hydrogens is 1840 g/mol. The summed E-state index contributed by atoms with van der Waals surface area (Å²) in [4.78, 5) is 97.2. The first-order chi connectivity index (χ1) is 70.0. The van der Waals surface area contributed by atoms with Gasteiger partial charge in [-0.05, 0) is 229 Å². The van der Waals surface area contributed by atoms with E-state index in [1.807, 2.05) is 118 Å². The minimum atomic E-state index is -1.03. The van der Waals surface area contributed by atoms with Gasteiger partial charge >= 0.3 is 0 Å². The number of aromatic nitrogens is 10. The van der Waals surface area contributed by atoms with E-state index in [9.17, 15) is 63.5 Å². The number of nitrogens with zero attached hydrogens (tertiary/aromatic N) is 15. The molecule has 5 aliphatic rings. The van der Waals surface area contributed by atoms with Gasteiger partial charge in [0, 0.05) is 74.1 Å². The van der Waals surface area contributed by atoms with Crippen LogP contribution in [-0.4, -0.2) is 135 Å². The first kappa shape index (κ1) is 103. The topological polar surface area (TPSA) is 191 Å². The third kappa shape index (κ3) is 23.8. The summed E-state index contributed by atoms with van der Waals surface area (Å²) < 4.78 is 135. The summed E-state index contributed by atoms with van der Waals surface area (Å²) in [6.07, 6.45) is 28.4. The van der Waals surface area contributed by atoms with E-state index in [2.05, 4.69) is 60.3 Å². The highest BCUT2D eigenvalue weighted by atomic mass is 19.2. The molecule has 5 amide bonds. The van der Waals surface area contributed by atoms with Gasteiger partial charge in [-0.15, -0.1) is 13.2 Å². The van der Waals surface area contributed by atoms with E-state index < -0.39 is 64.2 Å². The van der Waals surface area contributed by atoms with E-state index in [4.69, 9.17) is 24.9 Å². The van der Waals surface area contributed by atoms with Crippen molar-refractivity contribution in [3.05, 3.63) is 353 Å². The fraction of sp³-hybridized carbons (Fsp3) is 0.357. The zero-order valence-electron chi connectivity index (χ0n) is 81.7. The van der Waals surface area contributed by atoms with Gasteiger partial charge in [-0.3, -0.25) is 24.0 Å². The highest BCUT2D eigenvalue weighted by Crippen LogP contribution is 2.41. The summed E-state index contributed by atoms with van der Waals surface area (Å²) >= 11 is 0. The van der Waals surface area contributed by atoms with Crippen LogP contribution in [0.2, 0.25) is 0 Å². The zero-order chi connectivity index (χ0) is 101. The summed E-state index contributed by atoms with van der Waals surface area (Å²) in [5.41, 5.74) is 9.80. The molecule has 5 aliphatic carbocycles. The van der Waals surface area contributed by atoms with E-state index in [1.54, 1.807) is 50.0 Å². The van der Waals surface area contributed by atoms with Crippen LogP contribution in [-0.2, 0) is 32.7 Å². The van der Waals surface area contributed by atoms with Crippen molar-refractivity contribution in [2.45, 2.75) is 231 Å². The lowest BCUT2D eigenvalue weighted by Crippen LogP contribution is -2.33. The number of hydrogen-bond acceptors (Lipinski definition) is 10. The number of carbonyl (C=O) groups is 5. The maximum atomic E-state index is 14.2. The average molecular weight is 1970 g/mol. The fourth-order valence-electron chi connectivity index (χ4n) is 21.1. The second-order valence-electron chi connectivity index (χ2n) is 37.7. The molecule has 20 nitrogen and oxygen atoms in total. The Bertz CT molecular complexity index is 7060. The molecule has 5 aromatic heterocycles. The Kier molecular flexibility index (Phi) is 34.4. The SMILES string of the molecule is C=CCN(Cc1nc2ccccc2n1C1CCCC1)C(=O)c1cc(F)ccc1F.C=CCN(Cc1nc2ccccc2n1C1CCCC1)C(=O)c1ccc(F)c(F)c1.CCCN(Cc1nc2ccccc2n1C1CCCC1)C(=O)c1cc(F)ccc1F.CCCN(Cc1nc2ccccc2n1C1CCCC1)C(=O)c1ccc(F)c(F)c1.CCCN(Cc1nc2ccccc2n1C1CCCC1)C(=O)c1ccccc1F. The number of benzene rings is 10. The molecule has 0 saturated heterocycles. The minimum absolute atomic E-state index is 0.106. The lowest BCUT2D eigenvalue weighted by Gasteiger charge is -2.24. The van der Waals surface area contributed by atoms with Crippen molar-refractivity contribution in [1.29, 1.82) is 0 Å². The van der Waals surface area contributed by atoms with Gasteiger partial charge in [0.05, 0.1) is 105 Å². The Labute approximate surface area is 833 Å². The van der Waals surface area contributed by atoms with Crippen LogP contribution in [0.5, 0.6) is 0 Å². The van der Waals surface area contributed by atoms with Crippen molar-refractivity contribution in [2.75, 3.05) is 32.7 Å². The Balaban J connectivity index is 0.000000129. The monoisotopic (exact) mass is 1960 g/mol. The molecule has 20 rings (SSSR count). The molecule has 5 heterocycles. The fourth-order valence-corrected chi connectivity index (χ4v) is 21.1. The van der Waals surface area contributed by atoms with E-state index in [0.29, 0.717) is 69.4 Å². The summed E-state index contributed by atoms with van der Waals surface area (Å²) in [7, 11) is 0. The predicted molar refractivity (Wildman–Crippen MR) is 543 cm³/mol. The second kappa shape index (κ2) is 48.2. The molecule has 5 fully saturated rings. The average Bonchev–Trinajstić information content (AvgIpc) is 1.64. The second-order valence-corrected chi connectivity index (χ2v) is 37.7. The summed E-state index contributed by atoms with van der Waals surface area (Å²) in [5.74, 6) is -5.10. The molecule has 29 heteroatoms. The summed E-state index contributed by atoms with van der Waals surface area (Å²) in [5, 5.41) is 0. The van der Waals surface area contributed by atoms with Crippen molar-refractivity contribution in [2.24, 2.45) is 0 Å². The van der Waals surface area contributed by atoms with Crippen LogP contribution >= 0.6 is 0 Å². The van der Waals surface area contributed by atoms with Crippen molar-refractivity contribution in [3.63, 3.8) is 0 Å². The van der Waals surface area contributed by atoms with Crippen LogP contribution in [0.3, 0.4) is 0 Å². The van der Waals surface area contributed by atoms with Gasteiger partial charge in [0.25, 0.3) is 29.5 Å². The maximum absolute atomic E-state index is 14.2. The number of hydrogen-bond donors (Lipinski definition) is 0. The lowest BCUT2D eigenvalue weighted by atomic mass is 10.1. The van der Waals surface area contributed by atoms with Crippen molar-refractivity contribution < 1.29 is 63.5 Å². The molecule has 144 heavy (non-hydrogen) atoms. The Morgan fingerprint density at radius 2 is 0.514 bits per heavy atom. The van der Waals surface area contributed by atoms with Crippen LogP contribution in [0, 0.1) is 52.4 Å². The molecule has 0 aliphatic heterocycles. The normalized spacial score (nSPS) is 14.5. The van der Waals surface area contributed by atoms with Crippen LogP contribution in [0.4, 0.5) is 39.5 Å². The molecule has 0 atom stereocenters. The maximum Gasteiger partial charge on any atom is 0.257 e. The van der Waals surface area contributed by atoms with Gasteiger partial charge in [0.15, 0.2) is 23.3 Å². The molecule has 0 N–H and O–H groups in total. The predicted octanol–water partition coefficient (Wildman–Crippen LogP) is 26.8. The van der Waals surface area contributed by atoms with Crippen LogP contribution in [0.1, 0.15) is 280 Å². The van der Waals surface area contributed by atoms with Gasteiger partial charge < -0.3 is 47.3 Å². The van der Waals surface area contributed by atoms with Crippen molar-refractivity contribution in [3.8, 4) is 0 Å². The molecule has 0 unspecified atom stereocenters. The number of rotatable bonds is 30. The standard InChI is InChI=1S/C23H25F2N3O.C23H23F2N3O.C23H25F2N3O.C23H23F2N3O.C23H26FN3O/c2*1-2-13-27(23(29)18-14-16(24)11-12-19(18)25)15-22-26-20-9-5-6-10-21(20)28(22)17-7-3-4-8-17;2*1-2-13-27(23(29)16-11-12-18(24)19(25)14-16)15-22-26-20-9-5-6-10-21(20)28(22)17-7-3-4-8-17;1-2-15-26(23(28)18-11-5-6-12-19(18)24)16-22-25-20-13-7-8-14-21(20)27(22)17-9-3-4-10-17/h5-6,9-12,14,17H,2-4,7-8,13,15H2,1H3;2,5-6,9-12,14,17H,1,3-4,7-8,13,15H2;5-6,9-12,14,17H,2-4,7-8,13,15H2,1H3;2,5-6,9-12,14,17H,1,3-4,7-8,13,15H2;5-8,11-14,17H,2-4,9-10,15-16H2,1H3. The lowest BCUT2D eigenvalue weighted by molar-refractivity contribution is 0.0724. The molecular formula is C115H122F9N15O5. The molecule has 0 spiro atoms. The molecule has 5 saturated carbocycles. The van der Waals surface area contributed by atoms with Gasteiger partial charge in [0.2, 0.25) is 0 Å². The zero-order valence-corrected chi connectivity index (χ0v) is 81.7. The largest absolute Gasteiger partial charge is 0.331 e. The third-order valence-corrected chi connectivity index (χ3v) is 27.8. The molecule has 10 aromatic carbocycles.